The molecule has 0 spiro atoms. The van der Waals surface area contributed by atoms with Crippen molar-refractivity contribution in [2.45, 2.75) is 39.4 Å². The van der Waals surface area contributed by atoms with E-state index in [1.54, 1.807) is 0 Å². The van der Waals surface area contributed by atoms with Crippen LogP contribution in [-0.4, -0.2) is 36.5 Å². The topological polar surface area (TPSA) is 28.4 Å². The number of hydrogen-bond acceptors (Lipinski definition) is 4. The third kappa shape index (κ3) is 5.04. The molecule has 0 saturated carbocycles. The summed E-state index contributed by atoms with van der Waals surface area (Å²) in [5.74, 6) is 3.26. The van der Waals surface area contributed by atoms with E-state index in [9.17, 15) is 0 Å². The van der Waals surface area contributed by atoms with Crippen molar-refractivity contribution in [1.29, 1.82) is 0 Å². The highest BCUT2D eigenvalue weighted by Crippen LogP contribution is 2.14. The smallest absolute Gasteiger partial charge is 0.118 e. The maximum Gasteiger partial charge on any atom is 0.118 e. The number of nitrogens with zero attached hydrogens (tertiary/aromatic N) is 1. The number of hydrogen-bond donors (Lipinski definition) is 1. The molecule has 4 heteroatoms. The first kappa shape index (κ1) is 15.6. The van der Waals surface area contributed by atoms with Gasteiger partial charge in [-0.2, -0.15) is 11.8 Å². The first-order valence-corrected chi connectivity index (χ1v) is 8.08. The van der Waals surface area contributed by atoms with Crippen LogP contribution >= 0.6 is 11.8 Å². The second-order valence-corrected chi connectivity index (χ2v) is 5.49. The van der Waals surface area contributed by atoms with Gasteiger partial charge in [-0.15, -0.1) is 0 Å². The summed E-state index contributed by atoms with van der Waals surface area (Å²) in [4.78, 5) is 2.38. The highest BCUT2D eigenvalue weighted by Gasteiger charge is 2.14. The lowest BCUT2D eigenvalue weighted by Crippen LogP contribution is -2.32. The summed E-state index contributed by atoms with van der Waals surface area (Å²) >= 11 is 1.91. The van der Waals surface area contributed by atoms with Crippen LogP contribution in [0.4, 0.5) is 0 Å². The molecule has 1 heterocycles. The van der Waals surface area contributed by atoms with Crippen molar-refractivity contribution in [2.24, 2.45) is 0 Å². The zero-order chi connectivity index (χ0) is 13.4. The van der Waals surface area contributed by atoms with E-state index in [4.69, 9.17) is 4.42 Å². The van der Waals surface area contributed by atoms with E-state index >= 15 is 0 Å². The fourth-order valence-electron chi connectivity index (χ4n) is 1.97. The summed E-state index contributed by atoms with van der Waals surface area (Å²) in [6, 6.07) is 4.79. The molecular weight excluding hydrogens is 244 g/mol. The monoisotopic (exact) mass is 270 g/mol. The van der Waals surface area contributed by atoms with Gasteiger partial charge in [-0.1, -0.05) is 13.8 Å². The Morgan fingerprint density at radius 2 is 2.06 bits per heavy atom. The van der Waals surface area contributed by atoms with Crippen LogP contribution < -0.4 is 5.32 Å². The Balaban J connectivity index is 2.47. The van der Waals surface area contributed by atoms with Crippen molar-refractivity contribution >= 4 is 11.8 Å². The van der Waals surface area contributed by atoms with E-state index in [0.29, 0.717) is 6.04 Å². The number of rotatable bonds is 9. The highest BCUT2D eigenvalue weighted by molar-refractivity contribution is 7.98. The molecule has 1 unspecified atom stereocenters. The fourth-order valence-corrected chi connectivity index (χ4v) is 2.85. The van der Waals surface area contributed by atoms with E-state index in [1.807, 2.05) is 11.8 Å². The molecule has 1 atom stereocenters. The fraction of sp³-hybridized carbons (Fsp3) is 0.714. The van der Waals surface area contributed by atoms with Crippen molar-refractivity contribution in [2.75, 3.05) is 25.6 Å². The normalized spacial score (nSPS) is 13.2. The van der Waals surface area contributed by atoms with E-state index in [2.05, 4.69) is 49.5 Å². The molecule has 0 aliphatic heterocycles. The van der Waals surface area contributed by atoms with E-state index < -0.39 is 0 Å². The van der Waals surface area contributed by atoms with Crippen LogP contribution in [0.25, 0.3) is 0 Å². The second kappa shape index (κ2) is 8.62. The highest BCUT2D eigenvalue weighted by atomic mass is 32.2. The zero-order valence-corrected chi connectivity index (χ0v) is 12.8. The van der Waals surface area contributed by atoms with Crippen LogP contribution in [0.15, 0.2) is 16.5 Å². The average Bonchev–Trinajstić information content (AvgIpc) is 2.80. The Labute approximate surface area is 115 Å². The third-order valence-electron chi connectivity index (χ3n) is 3.13. The summed E-state index contributed by atoms with van der Waals surface area (Å²) in [6.45, 7) is 7.04. The molecular formula is C14H26N2OS. The molecule has 0 aliphatic carbocycles. The minimum absolute atomic E-state index is 0.627. The van der Waals surface area contributed by atoms with Crippen molar-refractivity contribution in [1.82, 2.24) is 10.2 Å². The van der Waals surface area contributed by atoms with E-state index in [-0.39, 0.29) is 0 Å². The molecule has 0 amide bonds. The molecule has 3 nitrogen and oxygen atoms in total. The van der Waals surface area contributed by atoms with Gasteiger partial charge in [0.25, 0.3) is 0 Å². The van der Waals surface area contributed by atoms with Gasteiger partial charge in [0.15, 0.2) is 0 Å². The average molecular weight is 270 g/mol. The Kier molecular flexibility index (Phi) is 7.47. The SMILES string of the molecule is CCNCc1ccc(CN(C)C(CC)CSC)o1. The maximum atomic E-state index is 5.82. The molecule has 1 aromatic rings. The van der Waals surface area contributed by atoms with Crippen LogP contribution in [-0.2, 0) is 13.1 Å². The van der Waals surface area contributed by atoms with Crippen LogP contribution in [0.1, 0.15) is 31.8 Å². The second-order valence-electron chi connectivity index (χ2n) is 4.58. The van der Waals surface area contributed by atoms with Crippen molar-refractivity contribution in [3.8, 4) is 0 Å². The van der Waals surface area contributed by atoms with Crippen LogP contribution in [0, 0.1) is 0 Å². The van der Waals surface area contributed by atoms with Gasteiger partial charge in [0.2, 0.25) is 0 Å². The minimum Gasteiger partial charge on any atom is -0.463 e. The predicted molar refractivity (Wildman–Crippen MR) is 80.0 cm³/mol. The van der Waals surface area contributed by atoms with Gasteiger partial charge in [-0.3, -0.25) is 4.90 Å². The molecule has 0 saturated heterocycles. The van der Waals surface area contributed by atoms with Crippen molar-refractivity contribution < 1.29 is 4.42 Å². The van der Waals surface area contributed by atoms with Crippen LogP contribution in [0.5, 0.6) is 0 Å². The summed E-state index contributed by atoms with van der Waals surface area (Å²) < 4.78 is 5.82. The number of thioether (sulfide) groups is 1. The molecule has 0 radical (unpaired) electrons. The largest absolute Gasteiger partial charge is 0.463 e. The van der Waals surface area contributed by atoms with Crippen molar-refractivity contribution in [3.05, 3.63) is 23.7 Å². The van der Waals surface area contributed by atoms with Gasteiger partial charge < -0.3 is 9.73 Å². The van der Waals surface area contributed by atoms with Gasteiger partial charge in [0.05, 0.1) is 13.1 Å². The molecule has 104 valence electrons. The Morgan fingerprint density at radius 3 is 2.67 bits per heavy atom. The summed E-state index contributed by atoms with van der Waals surface area (Å²) in [6.07, 6.45) is 3.35. The molecule has 1 aromatic heterocycles. The maximum absolute atomic E-state index is 5.82. The molecule has 0 bridgehead atoms. The summed E-state index contributed by atoms with van der Waals surface area (Å²) in [7, 11) is 2.18. The van der Waals surface area contributed by atoms with Gasteiger partial charge >= 0.3 is 0 Å². The first-order valence-electron chi connectivity index (χ1n) is 6.68. The molecule has 0 fully saturated rings. The zero-order valence-electron chi connectivity index (χ0n) is 12.0. The lowest BCUT2D eigenvalue weighted by atomic mass is 10.2. The van der Waals surface area contributed by atoms with E-state index in [0.717, 1.165) is 31.2 Å². The predicted octanol–water partition coefficient (Wildman–Crippen LogP) is 2.96. The summed E-state index contributed by atoms with van der Waals surface area (Å²) in [5, 5.41) is 3.27. The van der Waals surface area contributed by atoms with Gasteiger partial charge in [0.1, 0.15) is 11.5 Å². The lowest BCUT2D eigenvalue weighted by Gasteiger charge is -2.25. The lowest BCUT2D eigenvalue weighted by molar-refractivity contribution is 0.226. The quantitative estimate of drug-likeness (QED) is 0.747. The third-order valence-corrected chi connectivity index (χ3v) is 3.84. The first-order chi connectivity index (χ1) is 8.71. The van der Waals surface area contributed by atoms with Crippen molar-refractivity contribution in [3.63, 3.8) is 0 Å². The van der Waals surface area contributed by atoms with Gasteiger partial charge in [0, 0.05) is 11.8 Å². The molecule has 0 aromatic carbocycles. The number of nitrogens with one attached hydrogen (secondary N) is 1. The number of furan rings is 1. The molecule has 0 aliphatic rings. The van der Waals surface area contributed by atoms with Gasteiger partial charge in [-0.05, 0) is 38.4 Å². The molecule has 1 rings (SSSR count). The molecule has 1 N–H and O–H groups in total. The minimum atomic E-state index is 0.627. The standard InChI is InChI=1S/C14H26N2OS/c1-5-12(11-18-4)16(3)10-14-8-7-13(17-14)9-15-6-2/h7-8,12,15H,5-6,9-11H2,1-4H3. The van der Waals surface area contributed by atoms with E-state index in [1.165, 1.54) is 12.2 Å². The Morgan fingerprint density at radius 1 is 1.33 bits per heavy atom. The Hall–Kier alpha value is -0.450. The Bertz CT molecular complexity index is 327. The summed E-state index contributed by atoms with van der Waals surface area (Å²) in [5.41, 5.74) is 0. The van der Waals surface area contributed by atoms with Crippen LogP contribution in [0.2, 0.25) is 0 Å². The van der Waals surface area contributed by atoms with Crippen LogP contribution in [0.3, 0.4) is 0 Å². The molecule has 18 heavy (non-hydrogen) atoms. The van der Waals surface area contributed by atoms with Gasteiger partial charge in [-0.25, -0.2) is 0 Å².